The summed E-state index contributed by atoms with van der Waals surface area (Å²) in [6.45, 7) is 4.38. The van der Waals surface area contributed by atoms with Crippen molar-refractivity contribution in [2.75, 3.05) is 26.2 Å². The predicted molar refractivity (Wildman–Crippen MR) is 128 cm³/mol. The third kappa shape index (κ3) is 11.6. The molecule has 181 valence electrons. The van der Waals surface area contributed by atoms with Gasteiger partial charge in [0.2, 0.25) is 0 Å². The number of hydrogen-bond acceptors (Lipinski definition) is 1. The van der Waals surface area contributed by atoms with Gasteiger partial charge in [-0.25, -0.2) is 4.98 Å². The molecule has 0 amide bonds. The third-order valence-corrected chi connectivity index (χ3v) is 6.38. The van der Waals surface area contributed by atoms with E-state index in [0.717, 1.165) is 26.2 Å². The Balaban J connectivity index is 0.000000170. The molecule has 0 saturated carbocycles. The molecule has 0 bridgehead atoms. The van der Waals surface area contributed by atoms with E-state index < -0.39 is 0 Å². The van der Waals surface area contributed by atoms with Crippen molar-refractivity contribution in [3.05, 3.63) is 40.0 Å². The standard InChI is InChI=1S/2C10H18N2.C3H4N2.ClH.Os/c2*1-3-7-11-9(5-1)10-6-2-4-8-12-10;1-2-5-3-4-1;;/h2*9-10H,1-8H2;1-3H,(H,4,5);1H;/q2*-2;;;+1/p-1. The van der Waals surface area contributed by atoms with Crippen LogP contribution in [-0.4, -0.2) is 60.3 Å². The monoisotopic (exact) mass is 627 g/mol. The summed E-state index contributed by atoms with van der Waals surface area (Å²) >= 11 is 1.33. The molecule has 6 nitrogen and oxygen atoms in total. The van der Waals surface area contributed by atoms with Crippen molar-refractivity contribution >= 4 is 9.64 Å². The van der Waals surface area contributed by atoms with Crippen LogP contribution in [0.5, 0.6) is 0 Å². The molecule has 4 aliphatic heterocycles. The number of hydrogen-bond donors (Lipinski definition) is 1. The van der Waals surface area contributed by atoms with Crippen molar-refractivity contribution in [1.29, 1.82) is 0 Å². The van der Waals surface area contributed by atoms with Crippen molar-refractivity contribution in [2.24, 2.45) is 0 Å². The van der Waals surface area contributed by atoms with Crippen molar-refractivity contribution in [1.82, 2.24) is 9.97 Å². The molecule has 31 heavy (non-hydrogen) atoms. The summed E-state index contributed by atoms with van der Waals surface area (Å²) in [5, 5.41) is 18.6. The van der Waals surface area contributed by atoms with Gasteiger partial charge in [-0.3, -0.25) is 0 Å². The first-order chi connectivity index (χ1) is 15.4. The summed E-state index contributed by atoms with van der Waals surface area (Å²) in [5.74, 6) is 0. The molecule has 5 heterocycles. The van der Waals surface area contributed by atoms with Gasteiger partial charge < -0.3 is 26.3 Å². The molecule has 1 N–H and O–H groups in total. The maximum Gasteiger partial charge on any atom is 0.0919 e. The van der Waals surface area contributed by atoms with Gasteiger partial charge in [0.25, 0.3) is 0 Å². The van der Waals surface area contributed by atoms with Crippen LogP contribution in [0.3, 0.4) is 0 Å². The van der Waals surface area contributed by atoms with E-state index >= 15 is 0 Å². The van der Waals surface area contributed by atoms with Gasteiger partial charge >= 0.3 is 27.2 Å². The van der Waals surface area contributed by atoms with E-state index in [2.05, 4.69) is 40.9 Å². The molecule has 4 unspecified atom stereocenters. The average molecular weight is 626 g/mol. The summed E-state index contributed by atoms with van der Waals surface area (Å²) in [6.07, 6.45) is 21.0. The maximum absolute atomic E-state index is 4.67. The Hall–Kier alpha value is -0.0236. The number of aromatic amines is 1. The van der Waals surface area contributed by atoms with Gasteiger partial charge in [-0.05, 0) is 0 Å². The quantitative estimate of drug-likeness (QED) is 0.386. The van der Waals surface area contributed by atoms with E-state index in [-0.39, 0.29) is 0 Å². The number of H-pyrrole nitrogens is 1. The maximum atomic E-state index is 4.67. The summed E-state index contributed by atoms with van der Waals surface area (Å²) in [5.41, 5.74) is 0. The van der Waals surface area contributed by atoms with Crippen LogP contribution in [0.15, 0.2) is 18.7 Å². The molecule has 4 fully saturated rings. The fourth-order valence-corrected chi connectivity index (χ4v) is 4.73. The minimum absolute atomic E-state index is 0.596. The molecule has 4 atom stereocenters. The Morgan fingerprint density at radius 2 is 0.968 bits per heavy atom. The van der Waals surface area contributed by atoms with Crippen LogP contribution in [0.2, 0.25) is 0 Å². The van der Waals surface area contributed by atoms with Gasteiger partial charge in [-0.1, -0.05) is 77.0 Å². The van der Waals surface area contributed by atoms with Crippen LogP contribution in [0.4, 0.5) is 0 Å². The van der Waals surface area contributed by atoms with Crippen LogP contribution in [-0.2, 0) is 17.6 Å². The molecule has 1 aromatic heterocycles. The van der Waals surface area contributed by atoms with E-state index in [1.807, 2.05) is 0 Å². The third-order valence-electron chi connectivity index (χ3n) is 6.38. The smallest absolute Gasteiger partial charge is 0.0919 e. The molecular weight excluding hydrogens is 586 g/mol. The van der Waals surface area contributed by atoms with Gasteiger partial charge in [0.15, 0.2) is 0 Å². The minimum Gasteiger partial charge on any atom is -0.351 e. The zero-order valence-corrected chi connectivity index (χ0v) is 22.1. The summed E-state index contributed by atoms with van der Waals surface area (Å²) in [4.78, 5) is 6.42. The number of rotatable bonds is 2. The molecule has 0 spiro atoms. The number of aromatic nitrogens is 2. The molecule has 0 aromatic carbocycles. The van der Waals surface area contributed by atoms with Crippen molar-refractivity contribution < 1.29 is 17.6 Å². The Bertz CT molecular complexity index is 401. The Morgan fingerprint density at radius 1 is 0.613 bits per heavy atom. The van der Waals surface area contributed by atoms with Crippen LogP contribution >= 0.6 is 9.64 Å². The number of nitrogens with one attached hydrogen (secondary N) is 1. The Labute approximate surface area is 204 Å². The van der Waals surface area contributed by atoms with Gasteiger partial charge in [0.1, 0.15) is 0 Å². The molecule has 0 aliphatic carbocycles. The fourth-order valence-electron chi connectivity index (χ4n) is 4.73. The largest absolute Gasteiger partial charge is 0.351 e. The van der Waals surface area contributed by atoms with E-state index in [0.29, 0.717) is 24.2 Å². The Kier molecular flexibility index (Phi) is 16.2. The van der Waals surface area contributed by atoms with Gasteiger partial charge in [0, 0.05) is 12.4 Å². The van der Waals surface area contributed by atoms with Crippen molar-refractivity contribution in [3.8, 4) is 0 Å². The first-order valence-electron chi connectivity index (χ1n) is 12.2. The van der Waals surface area contributed by atoms with Gasteiger partial charge in [-0.2, -0.15) is 24.2 Å². The van der Waals surface area contributed by atoms with Crippen LogP contribution in [0.1, 0.15) is 77.0 Å². The summed E-state index contributed by atoms with van der Waals surface area (Å²) in [6, 6.07) is 2.39. The minimum atomic E-state index is 0.596. The number of nitrogens with zero attached hydrogens (tertiary/aromatic N) is 5. The van der Waals surface area contributed by atoms with Gasteiger partial charge in [-0.15, -0.1) is 26.2 Å². The Morgan fingerprint density at radius 3 is 1.13 bits per heavy atom. The first-order valence-corrected chi connectivity index (χ1v) is 15.3. The van der Waals surface area contributed by atoms with E-state index in [1.165, 1.54) is 94.6 Å². The molecule has 4 saturated heterocycles. The molecule has 1 aromatic rings. The molecule has 4 aliphatic rings. The SMILES string of the molecule is C1CCC(C2CCCC[N-]2)[N-]C1.C1CCC(C2CCCC[N-]2)[N-]C1.[Cl][Os].c1c[nH]cn1. The zero-order valence-electron chi connectivity index (χ0n) is 18.8. The van der Waals surface area contributed by atoms with Crippen molar-refractivity contribution in [2.45, 2.75) is 101 Å². The second kappa shape index (κ2) is 18.4. The molecular formula is C23H40ClN6Os-4. The van der Waals surface area contributed by atoms with Gasteiger partial charge in [0.05, 0.1) is 6.33 Å². The van der Waals surface area contributed by atoms with Crippen LogP contribution in [0.25, 0.3) is 21.3 Å². The first kappa shape index (κ1) is 27.2. The molecule has 0 radical (unpaired) electrons. The predicted octanol–water partition coefficient (Wildman–Crippen LogP) is 6.77. The zero-order chi connectivity index (χ0) is 22.0. The fraction of sp³-hybridized carbons (Fsp3) is 0.870. The molecule has 8 heteroatoms. The van der Waals surface area contributed by atoms with Crippen LogP contribution in [0, 0.1) is 0 Å². The number of imidazole rings is 1. The normalized spacial score (nSPS) is 30.9. The van der Waals surface area contributed by atoms with E-state index in [9.17, 15) is 0 Å². The second-order valence-corrected chi connectivity index (χ2v) is 8.64. The topological polar surface area (TPSA) is 85.1 Å². The number of halogens is 1. The summed E-state index contributed by atoms with van der Waals surface area (Å²) < 4.78 is 0. The average Bonchev–Trinajstić information content (AvgIpc) is 3.48. The second-order valence-electron chi connectivity index (χ2n) is 8.64. The van der Waals surface area contributed by atoms with E-state index in [1.54, 1.807) is 18.7 Å². The summed E-state index contributed by atoms with van der Waals surface area (Å²) in [7, 11) is 4.67. The van der Waals surface area contributed by atoms with Crippen molar-refractivity contribution in [3.63, 3.8) is 0 Å². The number of piperidine rings is 4. The van der Waals surface area contributed by atoms with E-state index in [4.69, 9.17) is 0 Å². The molecule has 5 rings (SSSR count). The van der Waals surface area contributed by atoms with Crippen LogP contribution < -0.4 is 0 Å².